The van der Waals surface area contributed by atoms with Crippen LogP contribution in [0.2, 0.25) is 0 Å². The second-order valence-electron chi connectivity index (χ2n) is 7.56. The SMILES string of the molecule is Cc1ccc(CNC(=O)c2ccc(-c3cc(C(=O)NC4CC4)cc(F)c3CN)nc2)o1. The first-order valence-electron chi connectivity index (χ1n) is 10.1. The molecule has 7 nitrogen and oxygen atoms in total. The number of halogens is 1. The molecule has 2 amide bonds. The van der Waals surface area contributed by atoms with Crippen LogP contribution in [0, 0.1) is 12.7 Å². The Bertz CT molecular complexity index is 1120. The summed E-state index contributed by atoms with van der Waals surface area (Å²) in [6.07, 6.45) is 3.28. The van der Waals surface area contributed by atoms with E-state index in [-0.39, 0.29) is 42.1 Å². The maximum atomic E-state index is 14.6. The van der Waals surface area contributed by atoms with Crippen LogP contribution >= 0.6 is 0 Å². The van der Waals surface area contributed by atoms with Gasteiger partial charge in [0.1, 0.15) is 17.3 Å². The van der Waals surface area contributed by atoms with Crippen LogP contribution in [0.4, 0.5) is 4.39 Å². The van der Waals surface area contributed by atoms with Gasteiger partial charge >= 0.3 is 0 Å². The average molecular weight is 422 g/mol. The summed E-state index contributed by atoms with van der Waals surface area (Å²) in [4.78, 5) is 29.1. The lowest BCUT2D eigenvalue weighted by Gasteiger charge is -2.12. The normalized spacial score (nSPS) is 13.1. The first-order chi connectivity index (χ1) is 14.9. The number of nitrogens with zero attached hydrogens (tertiary/aromatic N) is 1. The number of nitrogens with one attached hydrogen (secondary N) is 2. The van der Waals surface area contributed by atoms with Crippen LogP contribution in [0.3, 0.4) is 0 Å². The monoisotopic (exact) mass is 422 g/mol. The second kappa shape index (κ2) is 8.69. The first-order valence-corrected chi connectivity index (χ1v) is 10.1. The van der Waals surface area contributed by atoms with Gasteiger partial charge in [-0.1, -0.05) is 0 Å². The zero-order chi connectivity index (χ0) is 22.0. The third-order valence-corrected chi connectivity index (χ3v) is 5.10. The molecule has 0 radical (unpaired) electrons. The number of amides is 2. The van der Waals surface area contributed by atoms with Gasteiger partial charge in [-0.3, -0.25) is 14.6 Å². The number of rotatable bonds is 7. The number of aryl methyl sites for hydroxylation is 1. The summed E-state index contributed by atoms with van der Waals surface area (Å²) < 4.78 is 20.1. The predicted octanol–water partition coefficient (Wildman–Crippen LogP) is 3.07. The van der Waals surface area contributed by atoms with E-state index >= 15 is 0 Å². The standard InChI is InChI=1S/C23H23FN4O3/c1-13-2-6-17(31-13)12-27-22(29)14-3-7-21(26-11-14)18-8-15(9-20(24)19(18)10-25)23(30)28-16-4-5-16/h2-3,6-9,11,16H,4-5,10,12,25H2,1H3,(H,27,29)(H,28,30). The minimum absolute atomic E-state index is 0.0435. The van der Waals surface area contributed by atoms with Crippen LogP contribution in [0.15, 0.2) is 47.0 Å². The second-order valence-corrected chi connectivity index (χ2v) is 7.56. The molecular weight excluding hydrogens is 399 g/mol. The lowest BCUT2D eigenvalue weighted by atomic mass is 9.99. The van der Waals surface area contributed by atoms with Gasteiger partial charge < -0.3 is 20.8 Å². The fraction of sp³-hybridized carbons (Fsp3) is 0.261. The van der Waals surface area contributed by atoms with Gasteiger partial charge in [-0.15, -0.1) is 0 Å². The molecule has 1 aromatic carbocycles. The number of pyridine rings is 1. The van der Waals surface area contributed by atoms with Gasteiger partial charge in [0.2, 0.25) is 0 Å². The van der Waals surface area contributed by atoms with Gasteiger partial charge in [-0.05, 0) is 56.2 Å². The maximum absolute atomic E-state index is 14.6. The van der Waals surface area contributed by atoms with Crippen molar-refractivity contribution in [3.8, 4) is 11.3 Å². The minimum Gasteiger partial charge on any atom is -0.465 e. The first kappa shape index (κ1) is 20.7. The van der Waals surface area contributed by atoms with E-state index in [4.69, 9.17) is 10.2 Å². The molecule has 8 heteroatoms. The molecule has 0 bridgehead atoms. The molecule has 3 aromatic rings. The Morgan fingerprint density at radius 1 is 1.16 bits per heavy atom. The summed E-state index contributed by atoms with van der Waals surface area (Å²) in [6.45, 7) is 2.05. The Kier molecular flexibility index (Phi) is 5.81. The van der Waals surface area contributed by atoms with E-state index in [2.05, 4.69) is 15.6 Å². The molecule has 160 valence electrons. The zero-order valence-corrected chi connectivity index (χ0v) is 17.1. The molecule has 1 aliphatic carbocycles. The fourth-order valence-corrected chi connectivity index (χ4v) is 3.24. The van der Waals surface area contributed by atoms with E-state index in [0.29, 0.717) is 22.6 Å². The summed E-state index contributed by atoms with van der Waals surface area (Å²) >= 11 is 0. The van der Waals surface area contributed by atoms with Crippen molar-refractivity contribution in [3.63, 3.8) is 0 Å². The van der Waals surface area contributed by atoms with Gasteiger partial charge in [0, 0.05) is 35.5 Å². The van der Waals surface area contributed by atoms with Crippen LogP contribution in [0.25, 0.3) is 11.3 Å². The van der Waals surface area contributed by atoms with Gasteiger partial charge in [0.15, 0.2) is 0 Å². The number of furan rings is 1. The van der Waals surface area contributed by atoms with Gasteiger partial charge in [0.05, 0.1) is 17.8 Å². The molecule has 0 unspecified atom stereocenters. The van der Waals surface area contributed by atoms with E-state index in [1.165, 1.54) is 12.3 Å². The Hall–Kier alpha value is -3.52. The summed E-state index contributed by atoms with van der Waals surface area (Å²) in [5.74, 6) is 0.232. The number of benzene rings is 1. The number of nitrogens with two attached hydrogens (primary N) is 1. The summed E-state index contributed by atoms with van der Waals surface area (Å²) in [5.41, 5.74) is 7.43. The van der Waals surface area contributed by atoms with Crippen molar-refractivity contribution in [2.45, 2.75) is 38.9 Å². The van der Waals surface area contributed by atoms with Crippen molar-refractivity contribution in [1.82, 2.24) is 15.6 Å². The van der Waals surface area contributed by atoms with E-state index in [9.17, 15) is 14.0 Å². The van der Waals surface area contributed by atoms with E-state index in [1.807, 2.05) is 13.0 Å². The minimum atomic E-state index is -0.557. The van der Waals surface area contributed by atoms with Crippen LogP contribution < -0.4 is 16.4 Å². The molecule has 1 aliphatic rings. The maximum Gasteiger partial charge on any atom is 0.253 e. The Labute approximate surface area is 178 Å². The van der Waals surface area contributed by atoms with Crippen LogP contribution in [-0.2, 0) is 13.1 Å². The number of hydrogen-bond donors (Lipinski definition) is 3. The molecule has 1 fully saturated rings. The highest BCUT2D eigenvalue weighted by molar-refractivity contribution is 5.96. The molecule has 1 saturated carbocycles. The summed E-state index contributed by atoms with van der Waals surface area (Å²) in [5, 5.41) is 5.61. The molecule has 2 aromatic heterocycles. The number of hydrogen-bond acceptors (Lipinski definition) is 5. The molecule has 4 N–H and O–H groups in total. The third kappa shape index (κ3) is 4.80. The van der Waals surface area contributed by atoms with Crippen LogP contribution in [-0.4, -0.2) is 22.8 Å². The van der Waals surface area contributed by atoms with Crippen LogP contribution in [0.5, 0.6) is 0 Å². The molecular formula is C23H23FN4O3. The Morgan fingerprint density at radius 3 is 2.58 bits per heavy atom. The molecule has 0 spiro atoms. The largest absolute Gasteiger partial charge is 0.465 e. The summed E-state index contributed by atoms with van der Waals surface area (Å²) in [7, 11) is 0. The highest BCUT2D eigenvalue weighted by atomic mass is 19.1. The molecule has 4 rings (SSSR count). The molecule has 0 saturated heterocycles. The van der Waals surface area contributed by atoms with Gasteiger partial charge in [0.25, 0.3) is 11.8 Å². The average Bonchev–Trinajstić information content (AvgIpc) is 3.49. The van der Waals surface area contributed by atoms with E-state index in [0.717, 1.165) is 18.6 Å². The lowest BCUT2D eigenvalue weighted by Crippen LogP contribution is -2.25. The zero-order valence-electron chi connectivity index (χ0n) is 17.1. The van der Waals surface area contributed by atoms with Crippen molar-refractivity contribution in [1.29, 1.82) is 0 Å². The van der Waals surface area contributed by atoms with Gasteiger partial charge in [-0.25, -0.2) is 4.39 Å². The van der Waals surface area contributed by atoms with Gasteiger partial charge in [-0.2, -0.15) is 0 Å². The highest BCUT2D eigenvalue weighted by Crippen LogP contribution is 2.27. The van der Waals surface area contributed by atoms with Crippen LogP contribution in [0.1, 0.15) is 50.6 Å². The molecule has 31 heavy (non-hydrogen) atoms. The van der Waals surface area contributed by atoms with Crippen molar-refractivity contribution in [2.75, 3.05) is 0 Å². The van der Waals surface area contributed by atoms with Crippen molar-refractivity contribution in [3.05, 3.63) is 76.6 Å². The van der Waals surface area contributed by atoms with Crippen molar-refractivity contribution < 1.29 is 18.4 Å². The smallest absolute Gasteiger partial charge is 0.253 e. The topological polar surface area (TPSA) is 110 Å². The van der Waals surface area contributed by atoms with Crippen molar-refractivity contribution in [2.24, 2.45) is 5.73 Å². The molecule has 0 atom stereocenters. The quantitative estimate of drug-likeness (QED) is 0.542. The number of carbonyl (C=O) groups excluding carboxylic acids is 2. The number of aromatic nitrogens is 1. The highest BCUT2D eigenvalue weighted by Gasteiger charge is 2.25. The molecule has 0 aliphatic heterocycles. The third-order valence-electron chi connectivity index (χ3n) is 5.10. The Balaban J connectivity index is 1.53. The Morgan fingerprint density at radius 2 is 1.97 bits per heavy atom. The number of carbonyl (C=O) groups is 2. The summed E-state index contributed by atoms with van der Waals surface area (Å²) in [6, 6.07) is 9.78. The fourth-order valence-electron chi connectivity index (χ4n) is 3.24. The lowest BCUT2D eigenvalue weighted by molar-refractivity contribution is 0.0941. The van der Waals surface area contributed by atoms with E-state index in [1.54, 1.807) is 24.3 Å². The molecule has 2 heterocycles. The van der Waals surface area contributed by atoms with E-state index < -0.39 is 5.82 Å². The van der Waals surface area contributed by atoms with Crippen molar-refractivity contribution >= 4 is 11.8 Å². The predicted molar refractivity (Wildman–Crippen MR) is 113 cm³/mol.